The second kappa shape index (κ2) is 4.42. The summed E-state index contributed by atoms with van der Waals surface area (Å²) >= 11 is 0. The second-order valence-corrected chi connectivity index (χ2v) is 5.27. The largest absolute Gasteiger partial charge is 0.388 e. The summed E-state index contributed by atoms with van der Waals surface area (Å²) in [6.45, 7) is 0. The molecular formula is C14H15NO4. The third kappa shape index (κ3) is 1.85. The number of carbonyl (C=O) groups is 3. The maximum absolute atomic E-state index is 12.5. The highest BCUT2D eigenvalue weighted by Gasteiger charge is 2.47. The molecule has 5 nitrogen and oxygen atoms in total. The Labute approximate surface area is 110 Å². The molecule has 1 heterocycles. The van der Waals surface area contributed by atoms with E-state index in [0.29, 0.717) is 31.3 Å². The van der Waals surface area contributed by atoms with Crippen molar-refractivity contribution in [3.05, 3.63) is 23.4 Å². The number of ketones is 2. The molecule has 3 rings (SSSR count). The van der Waals surface area contributed by atoms with Crippen molar-refractivity contribution in [2.24, 2.45) is 11.8 Å². The second-order valence-electron chi connectivity index (χ2n) is 5.27. The van der Waals surface area contributed by atoms with Gasteiger partial charge in [0.1, 0.15) is 0 Å². The van der Waals surface area contributed by atoms with Crippen LogP contribution in [0.2, 0.25) is 0 Å². The first-order valence-electron chi connectivity index (χ1n) is 6.55. The molecule has 1 aliphatic heterocycles. The van der Waals surface area contributed by atoms with Crippen molar-refractivity contribution in [1.29, 1.82) is 0 Å². The van der Waals surface area contributed by atoms with Crippen molar-refractivity contribution in [3.8, 4) is 0 Å². The van der Waals surface area contributed by atoms with Gasteiger partial charge in [0.25, 0.3) is 0 Å². The van der Waals surface area contributed by atoms with E-state index >= 15 is 0 Å². The van der Waals surface area contributed by atoms with Gasteiger partial charge in [-0.3, -0.25) is 14.4 Å². The summed E-state index contributed by atoms with van der Waals surface area (Å²) in [5.74, 6) is -1.82. The fourth-order valence-electron chi connectivity index (χ4n) is 3.15. The first-order valence-corrected chi connectivity index (χ1v) is 6.55. The molecule has 0 aromatic heterocycles. The van der Waals surface area contributed by atoms with E-state index in [2.05, 4.69) is 5.32 Å². The molecule has 0 fully saturated rings. The van der Waals surface area contributed by atoms with Gasteiger partial charge >= 0.3 is 0 Å². The molecule has 1 amide bonds. The molecule has 0 aromatic carbocycles. The zero-order valence-corrected chi connectivity index (χ0v) is 10.4. The van der Waals surface area contributed by atoms with Crippen LogP contribution in [-0.4, -0.2) is 28.7 Å². The summed E-state index contributed by atoms with van der Waals surface area (Å²) in [5.41, 5.74) is 0.572. The molecule has 5 heteroatoms. The zero-order valence-electron chi connectivity index (χ0n) is 10.4. The van der Waals surface area contributed by atoms with Crippen molar-refractivity contribution >= 4 is 17.5 Å². The van der Waals surface area contributed by atoms with Gasteiger partial charge in [-0.15, -0.1) is 0 Å². The lowest BCUT2D eigenvalue weighted by atomic mass is 9.69. The quantitative estimate of drug-likeness (QED) is 0.612. The first-order chi connectivity index (χ1) is 9.09. The van der Waals surface area contributed by atoms with Crippen LogP contribution in [0.3, 0.4) is 0 Å². The van der Waals surface area contributed by atoms with E-state index < -0.39 is 17.9 Å². The number of Topliss-reactive ketones (excluding diaryl/α,β-unsaturated/α-hetero) is 2. The Morgan fingerprint density at radius 2 is 1.95 bits per heavy atom. The number of aliphatic hydroxyl groups excluding tert-OH is 1. The molecule has 0 saturated carbocycles. The Bertz CT molecular complexity index is 532. The molecule has 0 saturated heterocycles. The van der Waals surface area contributed by atoms with E-state index in [4.69, 9.17) is 0 Å². The Balaban J connectivity index is 2.06. The number of fused-ring (bicyclic) bond motifs is 1. The average Bonchev–Trinajstić information content (AvgIpc) is 2.58. The Morgan fingerprint density at radius 3 is 2.74 bits per heavy atom. The van der Waals surface area contributed by atoms with Gasteiger partial charge in [-0.05, 0) is 19.3 Å². The summed E-state index contributed by atoms with van der Waals surface area (Å²) in [6.07, 6.45) is 4.16. The molecule has 3 aliphatic rings. The van der Waals surface area contributed by atoms with Crippen LogP contribution in [0.15, 0.2) is 23.4 Å². The lowest BCUT2D eigenvalue weighted by Crippen LogP contribution is -2.47. The van der Waals surface area contributed by atoms with E-state index in [1.54, 1.807) is 12.2 Å². The number of hydrogen-bond donors (Lipinski definition) is 2. The van der Waals surface area contributed by atoms with Crippen LogP contribution in [0, 0.1) is 11.8 Å². The summed E-state index contributed by atoms with van der Waals surface area (Å²) < 4.78 is 0. The predicted molar refractivity (Wildman–Crippen MR) is 65.8 cm³/mol. The van der Waals surface area contributed by atoms with Crippen molar-refractivity contribution in [3.63, 3.8) is 0 Å². The summed E-state index contributed by atoms with van der Waals surface area (Å²) in [7, 11) is 0. The lowest BCUT2D eigenvalue weighted by Gasteiger charge is -2.35. The molecule has 0 spiro atoms. The molecule has 0 bridgehead atoms. The summed E-state index contributed by atoms with van der Waals surface area (Å²) in [6, 6.07) is 0. The van der Waals surface area contributed by atoms with Gasteiger partial charge in [-0.25, -0.2) is 0 Å². The molecule has 19 heavy (non-hydrogen) atoms. The summed E-state index contributed by atoms with van der Waals surface area (Å²) in [4.78, 5) is 36.4. The third-order valence-corrected chi connectivity index (χ3v) is 4.10. The highest BCUT2D eigenvalue weighted by molar-refractivity contribution is 6.15. The number of carbonyl (C=O) groups excluding carboxylic acids is 3. The number of amides is 1. The normalized spacial score (nSPS) is 34.6. The van der Waals surface area contributed by atoms with Crippen molar-refractivity contribution < 1.29 is 19.5 Å². The number of aliphatic hydroxyl groups is 1. The minimum Gasteiger partial charge on any atom is -0.388 e. The van der Waals surface area contributed by atoms with E-state index in [9.17, 15) is 19.5 Å². The minimum absolute atomic E-state index is 0.177. The van der Waals surface area contributed by atoms with Gasteiger partial charge in [0.15, 0.2) is 11.6 Å². The zero-order chi connectivity index (χ0) is 13.6. The van der Waals surface area contributed by atoms with Gasteiger partial charge in [0.05, 0.1) is 17.7 Å². The molecule has 0 aromatic rings. The van der Waals surface area contributed by atoms with E-state index in [0.717, 1.165) is 0 Å². The molecule has 3 atom stereocenters. The van der Waals surface area contributed by atoms with Gasteiger partial charge in [0, 0.05) is 17.9 Å². The van der Waals surface area contributed by atoms with Gasteiger partial charge in [0.2, 0.25) is 5.91 Å². The smallest absolute Gasteiger partial charge is 0.224 e. The van der Waals surface area contributed by atoms with Crippen LogP contribution >= 0.6 is 0 Å². The van der Waals surface area contributed by atoms with Gasteiger partial charge in [-0.2, -0.15) is 0 Å². The molecule has 2 N–H and O–H groups in total. The highest BCUT2D eigenvalue weighted by Crippen LogP contribution is 2.38. The third-order valence-electron chi connectivity index (χ3n) is 4.10. The average molecular weight is 261 g/mol. The number of nitrogens with one attached hydrogen (secondary N) is 1. The number of rotatable bonds is 0. The Hall–Kier alpha value is -1.75. The monoisotopic (exact) mass is 261 g/mol. The molecular weight excluding hydrogens is 246 g/mol. The van der Waals surface area contributed by atoms with Crippen molar-refractivity contribution in [2.75, 3.05) is 0 Å². The van der Waals surface area contributed by atoms with E-state index in [1.165, 1.54) is 0 Å². The van der Waals surface area contributed by atoms with Crippen LogP contribution < -0.4 is 5.32 Å². The summed E-state index contributed by atoms with van der Waals surface area (Å²) in [5, 5.41) is 12.5. The van der Waals surface area contributed by atoms with Crippen molar-refractivity contribution in [2.45, 2.75) is 31.8 Å². The molecule has 100 valence electrons. The van der Waals surface area contributed by atoms with Gasteiger partial charge < -0.3 is 10.4 Å². The SMILES string of the molecule is O=C1CCCC2=C(N1)C(=O)C1CC=CC(O)C1C2=O. The maximum Gasteiger partial charge on any atom is 0.224 e. The number of hydrogen-bond acceptors (Lipinski definition) is 4. The standard InChI is InChI=1S/C14H15NO4/c16-9-5-1-3-7-11(9)13(18)8-4-2-6-10(17)15-12(8)14(7)19/h1,5,7,9,11,16H,2-4,6H2,(H,15,17). The van der Waals surface area contributed by atoms with Crippen LogP contribution in [0.4, 0.5) is 0 Å². The van der Waals surface area contributed by atoms with Gasteiger partial charge in [-0.1, -0.05) is 12.2 Å². The Morgan fingerprint density at radius 1 is 1.16 bits per heavy atom. The first kappa shape index (κ1) is 12.3. The highest BCUT2D eigenvalue weighted by atomic mass is 16.3. The Kier molecular flexibility index (Phi) is 2.86. The lowest BCUT2D eigenvalue weighted by molar-refractivity contribution is -0.135. The molecule has 3 unspecified atom stereocenters. The van der Waals surface area contributed by atoms with Crippen LogP contribution in [-0.2, 0) is 14.4 Å². The minimum atomic E-state index is -0.900. The fourth-order valence-corrected chi connectivity index (χ4v) is 3.15. The van der Waals surface area contributed by atoms with Crippen molar-refractivity contribution in [1.82, 2.24) is 5.32 Å². The van der Waals surface area contributed by atoms with E-state index in [-0.39, 0.29) is 23.2 Å². The molecule has 2 aliphatic carbocycles. The van der Waals surface area contributed by atoms with Crippen LogP contribution in [0.5, 0.6) is 0 Å². The van der Waals surface area contributed by atoms with Crippen LogP contribution in [0.25, 0.3) is 0 Å². The fraction of sp³-hybridized carbons (Fsp3) is 0.500. The maximum atomic E-state index is 12.5. The molecule has 0 radical (unpaired) electrons. The predicted octanol–water partition coefficient (Wildman–Crippen LogP) is 0.246. The van der Waals surface area contributed by atoms with E-state index in [1.807, 2.05) is 0 Å². The topological polar surface area (TPSA) is 83.5 Å². The number of allylic oxidation sites excluding steroid dienone is 3. The van der Waals surface area contributed by atoms with Crippen LogP contribution in [0.1, 0.15) is 25.7 Å².